The van der Waals surface area contributed by atoms with Crippen LogP contribution < -0.4 is 10.6 Å². The van der Waals surface area contributed by atoms with Gasteiger partial charge in [0.05, 0.1) is 0 Å². The maximum Gasteiger partial charge on any atom is 0.136 e. The molecule has 5 heteroatoms. The van der Waals surface area contributed by atoms with Crippen molar-refractivity contribution in [1.82, 2.24) is 9.97 Å². The number of anilines is 3. The van der Waals surface area contributed by atoms with Gasteiger partial charge in [-0.3, -0.25) is 0 Å². The third-order valence-electron chi connectivity index (χ3n) is 3.38. The number of nitrogens with zero attached hydrogens (tertiary/aromatic N) is 2. The Morgan fingerprint density at radius 1 is 1.05 bits per heavy atom. The van der Waals surface area contributed by atoms with Crippen LogP contribution in [0.4, 0.5) is 17.3 Å². The zero-order chi connectivity index (χ0) is 15.9. The van der Waals surface area contributed by atoms with Crippen molar-refractivity contribution < 1.29 is 0 Å². The topological polar surface area (TPSA) is 49.8 Å². The van der Waals surface area contributed by atoms with Gasteiger partial charge >= 0.3 is 0 Å². The van der Waals surface area contributed by atoms with E-state index in [4.69, 9.17) is 0 Å². The van der Waals surface area contributed by atoms with Gasteiger partial charge in [-0.2, -0.15) is 0 Å². The molecule has 0 atom stereocenters. The van der Waals surface area contributed by atoms with Gasteiger partial charge in [0.2, 0.25) is 0 Å². The van der Waals surface area contributed by atoms with Crippen LogP contribution in [0.15, 0.2) is 28.7 Å². The molecule has 0 saturated carbocycles. The quantitative estimate of drug-likeness (QED) is 0.664. The minimum atomic E-state index is 0.762. The SMILES string of the molecule is CCCCCNc1cc(Nc2ccc(Br)cc2C)nc(C)n1. The first-order valence-corrected chi connectivity index (χ1v) is 8.50. The predicted octanol–water partition coefficient (Wildman–Crippen LogP) is 5.20. The van der Waals surface area contributed by atoms with E-state index in [0.717, 1.165) is 40.6 Å². The molecule has 22 heavy (non-hydrogen) atoms. The Bertz CT molecular complexity index is 628. The fourth-order valence-corrected chi connectivity index (χ4v) is 2.69. The van der Waals surface area contributed by atoms with E-state index < -0.39 is 0 Å². The van der Waals surface area contributed by atoms with Crippen LogP contribution in [0.25, 0.3) is 0 Å². The molecule has 0 aliphatic carbocycles. The largest absolute Gasteiger partial charge is 0.370 e. The van der Waals surface area contributed by atoms with Crippen molar-refractivity contribution in [3.8, 4) is 0 Å². The van der Waals surface area contributed by atoms with Gasteiger partial charge in [-0.1, -0.05) is 35.7 Å². The monoisotopic (exact) mass is 362 g/mol. The summed E-state index contributed by atoms with van der Waals surface area (Å²) >= 11 is 3.48. The maximum absolute atomic E-state index is 4.46. The highest BCUT2D eigenvalue weighted by molar-refractivity contribution is 9.10. The second kappa shape index (κ2) is 8.13. The molecule has 0 bridgehead atoms. The first kappa shape index (κ1) is 16.7. The van der Waals surface area contributed by atoms with Gasteiger partial charge in [-0.25, -0.2) is 9.97 Å². The van der Waals surface area contributed by atoms with E-state index in [-0.39, 0.29) is 0 Å². The standard InChI is InChI=1S/C17H23BrN4/c1-4-5-6-9-19-16-11-17(21-13(3)20-16)22-15-8-7-14(18)10-12(15)2/h7-8,10-11H,4-6,9H2,1-3H3,(H2,19,20,21,22). The number of aromatic nitrogens is 2. The highest BCUT2D eigenvalue weighted by Crippen LogP contribution is 2.24. The average Bonchev–Trinajstić information content (AvgIpc) is 2.46. The lowest BCUT2D eigenvalue weighted by Crippen LogP contribution is -2.06. The fraction of sp³-hybridized carbons (Fsp3) is 0.412. The summed E-state index contributed by atoms with van der Waals surface area (Å²) in [4.78, 5) is 8.90. The molecule has 4 nitrogen and oxygen atoms in total. The average molecular weight is 363 g/mol. The first-order chi connectivity index (χ1) is 10.6. The summed E-state index contributed by atoms with van der Waals surface area (Å²) < 4.78 is 1.08. The summed E-state index contributed by atoms with van der Waals surface area (Å²) in [5, 5.41) is 6.74. The molecular weight excluding hydrogens is 340 g/mol. The predicted molar refractivity (Wildman–Crippen MR) is 96.9 cm³/mol. The fourth-order valence-electron chi connectivity index (χ4n) is 2.22. The molecule has 2 N–H and O–H groups in total. The summed E-state index contributed by atoms with van der Waals surface area (Å²) in [6.45, 7) is 7.14. The van der Waals surface area contributed by atoms with Crippen molar-refractivity contribution in [2.24, 2.45) is 0 Å². The minimum absolute atomic E-state index is 0.762. The Kier molecular flexibility index (Phi) is 6.19. The van der Waals surface area contributed by atoms with Crippen molar-refractivity contribution >= 4 is 33.3 Å². The van der Waals surface area contributed by atoms with Crippen molar-refractivity contribution in [2.75, 3.05) is 17.2 Å². The molecule has 2 rings (SSSR count). The summed E-state index contributed by atoms with van der Waals surface area (Å²) in [5.74, 6) is 2.45. The summed E-state index contributed by atoms with van der Waals surface area (Å²) in [5.41, 5.74) is 2.22. The molecule has 0 saturated heterocycles. The number of halogens is 1. The van der Waals surface area contributed by atoms with E-state index in [2.05, 4.69) is 56.4 Å². The second-order valence-electron chi connectivity index (χ2n) is 5.40. The van der Waals surface area contributed by atoms with Gasteiger partial charge in [-0.05, 0) is 44.0 Å². The Hall–Kier alpha value is -1.62. The molecule has 0 aliphatic heterocycles. The Morgan fingerprint density at radius 3 is 2.55 bits per heavy atom. The first-order valence-electron chi connectivity index (χ1n) is 7.71. The van der Waals surface area contributed by atoms with E-state index >= 15 is 0 Å². The molecule has 0 amide bonds. The number of hydrogen-bond acceptors (Lipinski definition) is 4. The maximum atomic E-state index is 4.46. The van der Waals surface area contributed by atoms with E-state index in [9.17, 15) is 0 Å². The zero-order valence-electron chi connectivity index (χ0n) is 13.4. The minimum Gasteiger partial charge on any atom is -0.370 e. The van der Waals surface area contributed by atoms with Gasteiger partial charge in [0, 0.05) is 22.8 Å². The third-order valence-corrected chi connectivity index (χ3v) is 3.87. The van der Waals surface area contributed by atoms with Gasteiger partial charge in [0.15, 0.2) is 0 Å². The molecule has 0 unspecified atom stereocenters. The summed E-state index contributed by atoms with van der Waals surface area (Å²) in [7, 11) is 0. The van der Waals surface area contributed by atoms with Crippen LogP contribution in [-0.2, 0) is 0 Å². The van der Waals surface area contributed by atoms with Crippen LogP contribution in [-0.4, -0.2) is 16.5 Å². The molecular formula is C17H23BrN4. The summed E-state index contributed by atoms with van der Waals surface area (Å²) in [6, 6.07) is 8.11. The Morgan fingerprint density at radius 2 is 1.82 bits per heavy atom. The lowest BCUT2D eigenvalue weighted by Gasteiger charge is -2.12. The molecule has 118 valence electrons. The highest BCUT2D eigenvalue weighted by atomic mass is 79.9. The van der Waals surface area contributed by atoms with Gasteiger partial charge in [0.1, 0.15) is 17.5 Å². The lowest BCUT2D eigenvalue weighted by atomic mass is 10.2. The van der Waals surface area contributed by atoms with E-state index in [0.29, 0.717) is 0 Å². The normalized spacial score (nSPS) is 10.5. The van der Waals surface area contributed by atoms with Crippen LogP contribution in [0.2, 0.25) is 0 Å². The second-order valence-corrected chi connectivity index (χ2v) is 6.32. The highest BCUT2D eigenvalue weighted by Gasteiger charge is 2.04. The van der Waals surface area contributed by atoms with Crippen LogP contribution in [0, 0.1) is 13.8 Å². The van der Waals surface area contributed by atoms with Crippen molar-refractivity contribution in [3.63, 3.8) is 0 Å². The molecule has 0 spiro atoms. The number of rotatable bonds is 7. The number of unbranched alkanes of at least 4 members (excludes halogenated alkanes) is 2. The van der Waals surface area contributed by atoms with Crippen molar-refractivity contribution in [1.29, 1.82) is 0 Å². The van der Waals surface area contributed by atoms with Crippen LogP contribution in [0.3, 0.4) is 0 Å². The molecule has 1 aromatic heterocycles. The van der Waals surface area contributed by atoms with Crippen molar-refractivity contribution in [2.45, 2.75) is 40.0 Å². The molecule has 0 radical (unpaired) electrons. The van der Waals surface area contributed by atoms with E-state index in [1.54, 1.807) is 0 Å². The van der Waals surface area contributed by atoms with Crippen LogP contribution in [0.5, 0.6) is 0 Å². The molecule has 0 fully saturated rings. The number of hydrogen-bond donors (Lipinski definition) is 2. The van der Waals surface area contributed by atoms with Crippen molar-refractivity contribution in [3.05, 3.63) is 40.1 Å². The smallest absolute Gasteiger partial charge is 0.136 e. The summed E-state index contributed by atoms with van der Waals surface area (Å²) in [6.07, 6.45) is 3.62. The van der Waals surface area contributed by atoms with Gasteiger partial charge < -0.3 is 10.6 Å². The van der Waals surface area contributed by atoms with E-state index in [1.807, 2.05) is 25.1 Å². The Balaban J connectivity index is 2.08. The molecule has 2 aromatic rings. The molecule has 1 aromatic carbocycles. The number of nitrogens with one attached hydrogen (secondary N) is 2. The Labute approximate surface area is 140 Å². The number of benzene rings is 1. The van der Waals surface area contributed by atoms with Gasteiger partial charge in [0.25, 0.3) is 0 Å². The number of aryl methyl sites for hydroxylation is 2. The van der Waals surface area contributed by atoms with E-state index in [1.165, 1.54) is 18.4 Å². The molecule has 0 aliphatic rings. The third kappa shape index (κ3) is 4.98. The van der Waals surface area contributed by atoms with Crippen LogP contribution in [0.1, 0.15) is 37.6 Å². The molecule has 1 heterocycles. The van der Waals surface area contributed by atoms with Crippen LogP contribution >= 0.6 is 15.9 Å². The lowest BCUT2D eigenvalue weighted by molar-refractivity contribution is 0.742. The zero-order valence-corrected chi connectivity index (χ0v) is 15.0. The van der Waals surface area contributed by atoms with Gasteiger partial charge in [-0.15, -0.1) is 0 Å².